The maximum absolute atomic E-state index is 13.6. The lowest BCUT2D eigenvalue weighted by molar-refractivity contribution is -0.385. The summed E-state index contributed by atoms with van der Waals surface area (Å²) in [6, 6.07) is 9.56. The van der Waals surface area contributed by atoms with Gasteiger partial charge in [0.05, 0.1) is 4.92 Å². The Morgan fingerprint density at radius 2 is 1.94 bits per heavy atom. The van der Waals surface area contributed by atoms with E-state index in [1.165, 1.54) is 17.8 Å². The summed E-state index contributed by atoms with van der Waals surface area (Å²) in [7, 11) is 0. The van der Waals surface area contributed by atoms with Gasteiger partial charge in [-0.05, 0) is 42.2 Å². The van der Waals surface area contributed by atoms with Crippen LogP contribution in [0.3, 0.4) is 0 Å². The van der Waals surface area contributed by atoms with Crippen molar-refractivity contribution in [2.75, 3.05) is 31.1 Å². The molecule has 3 aromatic rings. The van der Waals surface area contributed by atoms with Gasteiger partial charge in [0.25, 0.3) is 11.6 Å². The van der Waals surface area contributed by atoms with Gasteiger partial charge in [0.15, 0.2) is 0 Å². The highest BCUT2D eigenvalue weighted by Gasteiger charge is 2.28. The highest BCUT2D eigenvalue weighted by molar-refractivity contribution is 6.02. The smallest absolute Gasteiger partial charge is 0.287 e. The van der Waals surface area contributed by atoms with E-state index in [2.05, 4.69) is 53.1 Å². The molecule has 1 aliphatic rings. The Morgan fingerprint density at radius 3 is 2.52 bits per heavy atom. The molecule has 0 aliphatic carbocycles. The number of aryl methyl sites for hydroxylation is 1. The van der Waals surface area contributed by atoms with Gasteiger partial charge >= 0.3 is 0 Å². The highest BCUT2D eigenvalue weighted by atomic mass is 16.6. The summed E-state index contributed by atoms with van der Waals surface area (Å²) in [6.45, 7) is 13.2. The van der Waals surface area contributed by atoms with Crippen LogP contribution in [0, 0.1) is 17.0 Å². The molecule has 4 rings (SSSR count). The first-order valence-electron chi connectivity index (χ1n) is 11.2. The van der Waals surface area contributed by atoms with Crippen LogP contribution < -0.4 is 4.90 Å². The zero-order valence-corrected chi connectivity index (χ0v) is 19.3. The number of hydrogen-bond donors (Lipinski definition) is 0. The fourth-order valence-electron chi connectivity index (χ4n) is 4.46. The van der Waals surface area contributed by atoms with Crippen LogP contribution in [0.15, 0.2) is 49.2 Å². The monoisotopic (exact) mass is 447 g/mol. The topological polar surface area (TPSA) is 84.5 Å². The third-order valence-electron chi connectivity index (χ3n) is 6.36. The third kappa shape index (κ3) is 4.20. The van der Waals surface area contributed by atoms with Gasteiger partial charge in [-0.2, -0.15) is 0 Å². The number of amides is 1. The molecule has 0 spiro atoms. The molecule has 0 N–H and O–H groups in total. The number of pyridine rings is 1. The van der Waals surface area contributed by atoms with E-state index >= 15 is 0 Å². The Kier molecular flexibility index (Phi) is 6.18. The maximum Gasteiger partial charge on any atom is 0.287 e. The number of carbonyl (C=O) groups excluding carboxylic acids is 1. The fraction of sp³-hybridized carbons (Fsp3) is 0.360. The molecular formula is C25H29N5O3. The number of allylic oxidation sites excluding steroid dienone is 1. The Morgan fingerprint density at radius 1 is 1.21 bits per heavy atom. The van der Waals surface area contributed by atoms with Gasteiger partial charge in [-0.25, -0.2) is 4.98 Å². The predicted molar refractivity (Wildman–Crippen MR) is 130 cm³/mol. The van der Waals surface area contributed by atoms with E-state index in [-0.39, 0.29) is 11.6 Å². The van der Waals surface area contributed by atoms with Crippen LogP contribution in [0.2, 0.25) is 0 Å². The van der Waals surface area contributed by atoms with Gasteiger partial charge in [-0.3, -0.25) is 14.9 Å². The average Bonchev–Trinajstić information content (AvgIpc) is 3.10. The van der Waals surface area contributed by atoms with Crippen LogP contribution in [0.5, 0.6) is 0 Å². The minimum absolute atomic E-state index is 0.0213. The molecule has 1 aromatic carbocycles. The number of piperazine rings is 1. The summed E-state index contributed by atoms with van der Waals surface area (Å²) >= 11 is 0. The van der Waals surface area contributed by atoms with Crippen LogP contribution >= 0.6 is 0 Å². The van der Waals surface area contributed by atoms with E-state index in [1.54, 1.807) is 6.07 Å². The number of aromatic nitrogens is 2. The summed E-state index contributed by atoms with van der Waals surface area (Å²) < 4.78 is 2.06. The van der Waals surface area contributed by atoms with E-state index < -0.39 is 4.92 Å². The zero-order chi connectivity index (χ0) is 23.7. The van der Waals surface area contributed by atoms with Crippen molar-refractivity contribution in [1.82, 2.24) is 14.5 Å². The molecule has 2 aromatic heterocycles. The molecule has 0 saturated carbocycles. The summed E-state index contributed by atoms with van der Waals surface area (Å²) in [5, 5.41) is 12.0. The van der Waals surface area contributed by atoms with E-state index in [9.17, 15) is 14.9 Å². The number of rotatable bonds is 6. The number of nitrogens with zero attached hydrogens (tertiary/aromatic N) is 5. The predicted octanol–water partition coefficient (Wildman–Crippen LogP) is 4.52. The van der Waals surface area contributed by atoms with E-state index in [4.69, 9.17) is 0 Å². The van der Waals surface area contributed by atoms with Crippen molar-refractivity contribution in [1.29, 1.82) is 0 Å². The second-order valence-electron chi connectivity index (χ2n) is 8.72. The molecule has 0 bridgehead atoms. The Hall–Kier alpha value is -3.68. The fourth-order valence-corrected chi connectivity index (χ4v) is 4.46. The van der Waals surface area contributed by atoms with Gasteiger partial charge < -0.3 is 14.4 Å². The molecule has 172 valence electrons. The van der Waals surface area contributed by atoms with Gasteiger partial charge in [-0.15, -0.1) is 6.58 Å². The molecule has 3 heterocycles. The van der Waals surface area contributed by atoms with Crippen LogP contribution in [0.4, 0.5) is 11.5 Å². The zero-order valence-electron chi connectivity index (χ0n) is 19.3. The first kappa shape index (κ1) is 22.5. The van der Waals surface area contributed by atoms with E-state index in [1.807, 2.05) is 17.9 Å². The standard InChI is InChI=1S/C25H29N5O3/c1-5-10-29-22-8-6-19(17(2)3)15-21(22)18(4)24(29)25(31)28-13-11-27(12-14-28)23-9-7-20(16-26-23)30(32)33/h5-9,15-17H,1,10-14H2,2-4H3. The number of anilines is 1. The molecule has 8 nitrogen and oxygen atoms in total. The highest BCUT2D eigenvalue weighted by Crippen LogP contribution is 2.30. The lowest BCUT2D eigenvalue weighted by atomic mass is 10.0. The number of carbonyl (C=O) groups is 1. The van der Waals surface area contributed by atoms with Gasteiger partial charge in [0, 0.05) is 49.7 Å². The Bertz CT molecular complexity index is 1210. The van der Waals surface area contributed by atoms with Crippen molar-refractivity contribution in [3.8, 4) is 0 Å². The molecule has 1 fully saturated rings. The molecule has 33 heavy (non-hydrogen) atoms. The third-order valence-corrected chi connectivity index (χ3v) is 6.36. The number of nitro groups is 1. The Labute approximate surface area is 193 Å². The van der Waals surface area contributed by atoms with Gasteiger partial charge in [0.1, 0.15) is 17.7 Å². The summed E-state index contributed by atoms with van der Waals surface area (Å²) in [5.41, 5.74) is 3.99. The molecule has 1 aliphatic heterocycles. The van der Waals surface area contributed by atoms with Crippen molar-refractivity contribution >= 4 is 28.3 Å². The lowest BCUT2D eigenvalue weighted by Gasteiger charge is -2.35. The molecule has 0 atom stereocenters. The van der Waals surface area contributed by atoms with Crippen molar-refractivity contribution in [2.24, 2.45) is 0 Å². The summed E-state index contributed by atoms with van der Waals surface area (Å²) in [4.78, 5) is 32.2. The van der Waals surface area contributed by atoms with E-state index in [0.717, 1.165) is 16.5 Å². The van der Waals surface area contributed by atoms with Crippen LogP contribution in [-0.4, -0.2) is 51.5 Å². The minimum atomic E-state index is -0.456. The average molecular weight is 448 g/mol. The quantitative estimate of drug-likeness (QED) is 0.315. The van der Waals surface area contributed by atoms with Gasteiger partial charge in [-0.1, -0.05) is 26.0 Å². The number of benzene rings is 1. The largest absolute Gasteiger partial charge is 0.353 e. The summed E-state index contributed by atoms with van der Waals surface area (Å²) in [5.74, 6) is 1.12. The second-order valence-corrected chi connectivity index (χ2v) is 8.72. The lowest BCUT2D eigenvalue weighted by Crippen LogP contribution is -2.49. The maximum atomic E-state index is 13.6. The molecule has 1 saturated heterocycles. The minimum Gasteiger partial charge on any atom is -0.353 e. The van der Waals surface area contributed by atoms with Crippen molar-refractivity contribution < 1.29 is 9.72 Å². The molecular weight excluding hydrogens is 418 g/mol. The molecule has 0 radical (unpaired) electrons. The van der Waals surface area contributed by atoms with Crippen molar-refractivity contribution in [3.63, 3.8) is 0 Å². The van der Waals surface area contributed by atoms with Crippen LogP contribution in [0.1, 0.15) is 41.4 Å². The van der Waals surface area contributed by atoms with Crippen molar-refractivity contribution in [3.05, 3.63) is 76.1 Å². The number of hydrogen-bond acceptors (Lipinski definition) is 5. The first-order valence-corrected chi connectivity index (χ1v) is 11.2. The molecule has 8 heteroatoms. The second kappa shape index (κ2) is 9.05. The van der Waals surface area contributed by atoms with Crippen molar-refractivity contribution in [2.45, 2.75) is 33.2 Å². The SMILES string of the molecule is C=CCn1c(C(=O)N2CCN(c3ccc([N+](=O)[O-])cn3)CC2)c(C)c2cc(C(C)C)ccc21. The van der Waals surface area contributed by atoms with Gasteiger partial charge in [0.2, 0.25) is 0 Å². The number of fused-ring (bicyclic) bond motifs is 1. The Balaban J connectivity index is 1.57. The van der Waals surface area contributed by atoms with Crippen LogP contribution in [-0.2, 0) is 6.54 Å². The molecule has 0 unspecified atom stereocenters. The summed E-state index contributed by atoms with van der Waals surface area (Å²) in [6.07, 6.45) is 3.10. The van der Waals surface area contributed by atoms with E-state index in [0.29, 0.717) is 50.2 Å². The normalized spacial score (nSPS) is 14.2. The molecule has 1 amide bonds. The first-order chi connectivity index (χ1) is 15.8. The van der Waals surface area contributed by atoms with Crippen LogP contribution in [0.25, 0.3) is 10.9 Å².